The molecule has 3 aromatic rings. The Labute approximate surface area is 189 Å². The number of nitrogens with one attached hydrogen (secondary N) is 2. The Morgan fingerprint density at radius 3 is 2.42 bits per heavy atom. The molecule has 0 radical (unpaired) electrons. The molecule has 0 aromatic heterocycles. The first kappa shape index (κ1) is 22.4. The van der Waals surface area contributed by atoms with Gasteiger partial charge in [-0.15, -0.1) is 0 Å². The number of ether oxygens (including phenoxy) is 2. The summed E-state index contributed by atoms with van der Waals surface area (Å²) in [7, 11) is 1.56. The third-order valence-corrected chi connectivity index (χ3v) is 5.28. The van der Waals surface area contributed by atoms with Crippen LogP contribution in [0.2, 0.25) is 0 Å². The second-order valence-corrected chi connectivity index (χ2v) is 7.66. The fourth-order valence-corrected chi connectivity index (χ4v) is 3.56. The molecule has 0 saturated heterocycles. The highest BCUT2D eigenvalue weighted by molar-refractivity contribution is 9.10. The first-order valence-corrected chi connectivity index (χ1v) is 10.5. The van der Waals surface area contributed by atoms with Crippen LogP contribution in [0.5, 0.6) is 11.5 Å². The predicted octanol–water partition coefficient (Wildman–Crippen LogP) is 4.97. The van der Waals surface area contributed by atoms with E-state index in [1.54, 1.807) is 55.6 Å². The quantitative estimate of drug-likeness (QED) is 0.475. The van der Waals surface area contributed by atoms with Gasteiger partial charge in [0, 0.05) is 21.8 Å². The van der Waals surface area contributed by atoms with Gasteiger partial charge in [-0.1, -0.05) is 40.2 Å². The summed E-state index contributed by atoms with van der Waals surface area (Å²) in [5, 5.41) is 5.72. The molecule has 6 nitrogen and oxygen atoms in total. The van der Waals surface area contributed by atoms with Crippen LogP contribution in [0.4, 0.5) is 5.69 Å². The average molecular weight is 483 g/mol. The van der Waals surface area contributed by atoms with Gasteiger partial charge < -0.3 is 20.1 Å². The summed E-state index contributed by atoms with van der Waals surface area (Å²) < 4.78 is 11.6. The molecule has 3 rings (SSSR count). The van der Waals surface area contributed by atoms with Crippen molar-refractivity contribution in [2.45, 2.75) is 13.0 Å². The van der Waals surface area contributed by atoms with Gasteiger partial charge in [0.15, 0.2) is 6.61 Å². The molecule has 0 aliphatic carbocycles. The number of carbonyl (C=O) groups excluding carboxylic acids is 2. The van der Waals surface area contributed by atoms with Crippen LogP contribution in [0.15, 0.2) is 77.3 Å². The zero-order valence-electron chi connectivity index (χ0n) is 17.2. The number of rotatable bonds is 8. The zero-order valence-corrected chi connectivity index (χ0v) is 18.8. The minimum Gasteiger partial charge on any atom is -0.497 e. The number of methoxy groups -OCH3 is 1. The summed E-state index contributed by atoms with van der Waals surface area (Å²) in [6.45, 7) is 1.78. The topological polar surface area (TPSA) is 76.7 Å². The number of amides is 2. The largest absolute Gasteiger partial charge is 0.497 e. The summed E-state index contributed by atoms with van der Waals surface area (Å²) in [5.41, 5.74) is 2.13. The lowest BCUT2D eigenvalue weighted by Gasteiger charge is -2.16. The average Bonchev–Trinajstić information content (AvgIpc) is 2.78. The van der Waals surface area contributed by atoms with E-state index in [9.17, 15) is 9.59 Å². The molecule has 1 atom stereocenters. The van der Waals surface area contributed by atoms with Crippen molar-refractivity contribution < 1.29 is 19.1 Å². The summed E-state index contributed by atoms with van der Waals surface area (Å²) in [5.74, 6) is 0.667. The molecule has 1 unspecified atom stereocenters. The zero-order chi connectivity index (χ0) is 22.2. The van der Waals surface area contributed by atoms with Gasteiger partial charge in [-0.05, 0) is 55.0 Å². The summed E-state index contributed by atoms with van der Waals surface area (Å²) in [4.78, 5) is 24.6. The Bertz CT molecular complexity index is 1050. The van der Waals surface area contributed by atoms with Gasteiger partial charge in [0.05, 0.1) is 13.2 Å². The van der Waals surface area contributed by atoms with Gasteiger partial charge >= 0.3 is 0 Å². The van der Waals surface area contributed by atoms with E-state index >= 15 is 0 Å². The normalized spacial score (nSPS) is 11.3. The Morgan fingerprint density at radius 1 is 0.968 bits per heavy atom. The van der Waals surface area contributed by atoms with Crippen molar-refractivity contribution in [3.8, 4) is 11.5 Å². The molecule has 31 heavy (non-hydrogen) atoms. The van der Waals surface area contributed by atoms with Crippen LogP contribution >= 0.6 is 15.9 Å². The standard InChI is InChI=1S/C24H23BrN2O4/c1-16(21-8-3-4-9-22(21)25)26-24(29)17-10-12-19(13-11-17)31-15-23(28)27-18-6-5-7-20(14-18)30-2/h3-14,16H,15H2,1-2H3,(H,26,29)(H,27,28). The molecule has 0 aliphatic heterocycles. The summed E-state index contributed by atoms with van der Waals surface area (Å²) in [6.07, 6.45) is 0. The van der Waals surface area contributed by atoms with Gasteiger partial charge in [0.2, 0.25) is 0 Å². The molecule has 0 heterocycles. The van der Waals surface area contributed by atoms with Gasteiger partial charge in [-0.25, -0.2) is 0 Å². The van der Waals surface area contributed by atoms with Crippen molar-refractivity contribution in [1.82, 2.24) is 5.32 Å². The Kier molecular flexibility index (Phi) is 7.67. The minimum atomic E-state index is -0.294. The van der Waals surface area contributed by atoms with E-state index in [0.717, 1.165) is 10.0 Å². The van der Waals surface area contributed by atoms with E-state index in [1.165, 1.54) is 0 Å². The molecule has 0 aliphatic rings. The second kappa shape index (κ2) is 10.6. The van der Waals surface area contributed by atoms with Gasteiger partial charge in [-0.3, -0.25) is 9.59 Å². The lowest BCUT2D eigenvalue weighted by molar-refractivity contribution is -0.118. The lowest BCUT2D eigenvalue weighted by Crippen LogP contribution is -2.26. The maximum absolute atomic E-state index is 12.5. The van der Waals surface area contributed by atoms with Crippen LogP contribution in [-0.2, 0) is 4.79 Å². The Hall–Kier alpha value is -3.32. The second-order valence-electron chi connectivity index (χ2n) is 6.81. The molecular weight excluding hydrogens is 460 g/mol. The van der Waals surface area contributed by atoms with E-state index < -0.39 is 0 Å². The maximum atomic E-state index is 12.5. The molecule has 0 fully saturated rings. The molecule has 7 heteroatoms. The summed E-state index contributed by atoms with van der Waals surface area (Å²) >= 11 is 3.50. The van der Waals surface area contributed by atoms with Crippen LogP contribution < -0.4 is 20.1 Å². The highest BCUT2D eigenvalue weighted by atomic mass is 79.9. The number of anilines is 1. The minimum absolute atomic E-state index is 0.151. The maximum Gasteiger partial charge on any atom is 0.262 e. The van der Waals surface area contributed by atoms with Crippen molar-refractivity contribution in [3.63, 3.8) is 0 Å². The fraction of sp³-hybridized carbons (Fsp3) is 0.167. The van der Waals surface area contributed by atoms with Crippen LogP contribution in [0, 0.1) is 0 Å². The van der Waals surface area contributed by atoms with Crippen molar-refractivity contribution in [1.29, 1.82) is 0 Å². The molecule has 0 saturated carbocycles. The van der Waals surface area contributed by atoms with Crippen molar-refractivity contribution in [2.24, 2.45) is 0 Å². The smallest absolute Gasteiger partial charge is 0.262 e. The third-order valence-electron chi connectivity index (χ3n) is 4.56. The van der Waals surface area contributed by atoms with Crippen LogP contribution in [-0.4, -0.2) is 25.5 Å². The molecule has 160 valence electrons. The highest BCUT2D eigenvalue weighted by Gasteiger charge is 2.14. The fourth-order valence-electron chi connectivity index (χ4n) is 2.93. The SMILES string of the molecule is COc1cccc(NC(=O)COc2ccc(C(=O)NC(C)c3ccccc3Br)cc2)c1. The van der Waals surface area contributed by atoms with Crippen molar-refractivity contribution >= 4 is 33.4 Å². The van der Waals surface area contributed by atoms with E-state index in [-0.39, 0.29) is 24.5 Å². The number of hydrogen-bond donors (Lipinski definition) is 2. The molecule has 3 aromatic carbocycles. The van der Waals surface area contributed by atoms with Crippen LogP contribution in [0.25, 0.3) is 0 Å². The first-order valence-electron chi connectivity index (χ1n) is 9.68. The predicted molar refractivity (Wildman–Crippen MR) is 124 cm³/mol. The van der Waals surface area contributed by atoms with Gasteiger partial charge in [0.1, 0.15) is 11.5 Å². The van der Waals surface area contributed by atoms with Crippen molar-refractivity contribution in [3.05, 3.63) is 88.4 Å². The molecule has 0 bridgehead atoms. The monoisotopic (exact) mass is 482 g/mol. The number of benzene rings is 3. The van der Waals surface area contributed by atoms with Crippen LogP contribution in [0.3, 0.4) is 0 Å². The summed E-state index contributed by atoms with van der Waals surface area (Å²) in [6, 6.07) is 21.3. The van der Waals surface area contributed by atoms with E-state index in [0.29, 0.717) is 22.7 Å². The first-order chi connectivity index (χ1) is 15.0. The van der Waals surface area contributed by atoms with E-state index in [1.807, 2.05) is 31.2 Å². The number of carbonyl (C=O) groups is 2. The molecule has 2 N–H and O–H groups in total. The van der Waals surface area contributed by atoms with Crippen molar-refractivity contribution in [2.75, 3.05) is 19.0 Å². The van der Waals surface area contributed by atoms with Crippen LogP contribution in [0.1, 0.15) is 28.9 Å². The molecular formula is C24H23BrN2O4. The molecule has 2 amide bonds. The van der Waals surface area contributed by atoms with E-state index in [2.05, 4.69) is 26.6 Å². The Balaban J connectivity index is 1.52. The lowest BCUT2D eigenvalue weighted by atomic mass is 10.1. The highest BCUT2D eigenvalue weighted by Crippen LogP contribution is 2.23. The third kappa shape index (κ3) is 6.33. The number of halogens is 1. The Morgan fingerprint density at radius 2 is 1.71 bits per heavy atom. The van der Waals surface area contributed by atoms with Gasteiger partial charge in [-0.2, -0.15) is 0 Å². The number of hydrogen-bond acceptors (Lipinski definition) is 4. The molecule has 0 spiro atoms. The van der Waals surface area contributed by atoms with Gasteiger partial charge in [0.25, 0.3) is 11.8 Å². The van der Waals surface area contributed by atoms with E-state index in [4.69, 9.17) is 9.47 Å².